The smallest absolute Gasteiger partial charge is 0.338 e. The third kappa shape index (κ3) is 4.55. The van der Waals surface area contributed by atoms with Gasteiger partial charge < -0.3 is 14.0 Å². The predicted octanol–water partition coefficient (Wildman–Crippen LogP) is 3.79. The number of carbonyl (C=O) groups is 2. The maximum absolute atomic E-state index is 12.9. The number of rotatable bonds is 7. The molecule has 3 aromatic rings. The van der Waals surface area contributed by atoms with Crippen LogP contribution in [0.5, 0.6) is 0 Å². The highest BCUT2D eigenvalue weighted by Crippen LogP contribution is 2.22. The largest absolute Gasteiger partial charge is 0.454 e. The summed E-state index contributed by atoms with van der Waals surface area (Å²) in [4.78, 5) is 43.0. The molecule has 1 aromatic carbocycles. The minimum atomic E-state index is -0.617. The van der Waals surface area contributed by atoms with E-state index in [2.05, 4.69) is 9.55 Å². The number of fused-ring (bicyclic) bond motifs is 2. The molecule has 8 heteroatoms. The molecular weight excluding hydrogens is 434 g/mol. The Kier molecular flexibility index (Phi) is 6.97. The van der Waals surface area contributed by atoms with E-state index in [1.165, 1.54) is 0 Å². The highest BCUT2D eigenvalue weighted by Gasteiger charge is 2.21. The van der Waals surface area contributed by atoms with Gasteiger partial charge in [0.25, 0.3) is 5.56 Å². The number of ketones is 1. The maximum Gasteiger partial charge on any atom is 0.338 e. The molecule has 0 spiro atoms. The van der Waals surface area contributed by atoms with Crippen molar-refractivity contribution in [1.82, 2.24) is 14.1 Å². The Morgan fingerprint density at radius 1 is 1.15 bits per heavy atom. The average molecular weight is 466 g/mol. The number of aryl methyl sites for hydroxylation is 2. The van der Waals surface area contributed by atoms with Gasteiger partial charge in [-0.3, -0.25) is 14.2 Å². The molecule has 0 saturated carbocycles. The summed E-state index contributed by atoms with van der Waals surface area (Å²) in [5, 5.41) is 0.482. The molecule has 8 nitrogen and oxygen atoms in total. The fraction of sp³-hybridized carbons (Fsp3) is 0.462. The van der Waals surface area contributed by atoms with Gasteiger partial charge in [0.1, 0.15) is 5.82 Å². The maximum atomic E-state index is 12.9. The highest BCUT2D eigenvalue weighted by atomic mass is 16.5. The third-order valence-electron chi connectivity index (χ3n) is 6.52. The lowest BCUT2D eigenvalue weighted by atomic mass is 10.1. The minimum absolute atomic E-state index is 0.0740. The van der Waals surface area contributed by atoms with Crippen molar-refractivity contribution < 1.29 is 19.1 Å². The predicted molar refractivity (Wildman–Crippen MR) is 129 cm³/mol. The molecular formula is C26H31N3O5. The van der Waals surface area contributed by atoms with Gasteiger partial charge in [-0.1, -0.05) is 6.42 Å². The van der Waals surface area contributed by atoms with Crippen LogP contribution in [0.2, 0.25) is 0 Å². The zero-order chi connectivity index (χ0) is 24.4. The first-order valence-electron chi connectivity index (χ1n) is 11.7. The van der Waals surface area contributed by atoms with Crippen LogP contribution in [0.15, 0.2) is 29.1 Å². The van der Waals surface area contributed by atoms with Crippen molar-refractivity contribution in [2.75, 3.05) is 20.3 Å². The van der Waals surface area contributed by atoms with Crippen molar-refractivity contribution in [2.24, 2.45) is 0 Å². The highest BCUT2D eigenvalue weighted by molar-refractivity contribution is 6.01. The number of benzene rings is 1. The molecule has 2 aromatic heterocycles. The summed E-state index contributed by atoms with van der Waals surface area (Å²) >= 11 is 0. The van der Waals surface area contributed by atoms with Gasteiger partial charge in [-0.05, 0) is 57.9 Å². The molecule has 1 aliphatic heterocycles. The van der Waals surface area contributed by atoms with Crippen molar-refractivity contribution in [2.45, 2.75) is 59.0 Å². The number of hydrogen-bond acceptors (Lipinski definition) is 6. The summed E-state index contributed by atoms with van der Waals surface area (Å²) in [5.41, 5.74) is 2.97. The Hall–Kier alpha value is -3.26. The molecule has 0 fully saturated rings. The number of Topliss-reactive ketones (excluding diaryl/α,β-unsaturated/α-hetero) is 1. The standard InChI is InChI=1S/C26H31N3O5/c1-16-12-21(18(3)29(16)17(2)14-33-4)23(30)15-34-26(32)19-9-10-20-22(13-19)27-24-8-6-5-7-11-28(24)25(20)31/h9-10,12-13,17H,5-8,11,14-15H2,1-4H3/t17-/m1/s1. The van der Waals surface area contributed by atoms with Crippen LogP contribution < -0.4 is 5.56 Å². The number of ether oxygens (including phenoxy) is 2. The van der Waals surface area contributed by atoms with E-state index in [0.717, 1.165) is 42.9 Å². The summed E-state index contributed by atoms with van der Waals surface area (Å²) in [5.74, 6) is -0.123. The SMILES string of the molecule is COC[C@@H](C)n1c(C)cc(C(=O)COC(=O)c2ccc3c(=O)n4c(nc3c2)CCCCC4)c1C. The van der Waals surface area contributed by atoms with Gasteiger partial charge in [0, 0.05) is 37.0 Å². The summed E-state index contributed by atoms with van der Waals surface area (Å²) in [6, 6.07) is 6.65. The molecule has 180 valence electrons. The van der Waals surface area contributed by atoms with Gasteiger partial charge in [0.05, 0.1) is 29.1 Å². The third-order valence-corrected chi connectivity index (χ3v) is 6.52. The Balaban J connectivity index is 1.51. The first-order valence-corrected chi connectivity index (χ1v) is 11.7. The van der Waals surface area contributed by atoms with Crippen molar-refractivity contribution in [3.05, 3.63) is 63.0 Å². The first-order chi connectivity index (χ1) is 16.3. The quantitative estimate of drug-likeness (QED) is 0.389. The summed E-state index contributed by atoms with van der Waals surface area (Å²) < 4.78 is 14.4. The molecule has 3 heterocycles. The summed E-state index contributed by atoms with van der Waals surface area (Å²) in [6.07, 6.45) is 3.77. The van der Waals surface area contributed by atoms with E-state index in [1.807, 2.05) is 26.8 Å². The second kappa shape index (κ2) is 9.93. The number of esters is 1. The van der Waals surface area contributed by atoms with E-state index in [9.17, 15) is 14.4 Å². The number of nitrogens with zero attached hydrogens (tertiary/aromatic N) is 3. The normalized spacial score (nSPS) is 14.5. The molecule has 0 amide bonds. The fourth-order valence-corrected chi connectivity index (χ4v) is 4.89. The van der Waals surface area contributed by atoms with Crippen LogP contribution in [-0.4, -0.2) is 46.2 Å². The van der Waals surface area contributed by atoms with Gasteiger partial charge >= 0.3 is 5.97 Å². The van der Waals surface area contributed by atoms with Gasteiger partial charge in [-0.15, -0.1) is 0 Å². The van der Waals surface area contributed by atoms with Crippen molar-refractivity contribution in [3.63, 3.8) is 0 Å². The van der Waals surface area contributed by atoms with Gasteiger partial charge in [0.2, 0.25) is 5.78 Å². The second-order valence-corrected chi connectivity index (χ2v) is 8.99. The monoisotopic (exact) mass is 465 g/mol. The molecule has 1 aliphatic rings. The van der Waals surface area contributed by atoms with Gasteiger partial charge in [-0.2, -0.15) is 0 Å². The van der Waals surface area contributed by atoms with E-state index < -0.39 is 5.97 Å². The van der Waals surface area contributed by atoms with Crippen LogP contribution in [0, 0.1) is 13.8 Å². The van der Waals surface area contributed by atoms with Crippen molar-refractivity contribution in [3.8, 4) is 0 Å². The van der Waals surface area contributed by atoms with E-state index in [4.69, 9.17) is 9.47 Å². The zero-order valence-electron chi connectivity index (χ0n) is 20.2. The Morgan fingerprint density at radius 3 is 2.71 bits per heavy atom. The lowest BCUT2D eigenvalue weighted by Gasteiger charge is -2.17. The minimum Gasteiger partial charge on any atom is -0.454 e. The molecule has 0 aliphatic carbocycles. The van der Waals surface area contributed by atoms with Crippen molar-refractivity contribution in [1.29, 1.82) is 0 Å². The molecule has 0 radical (unpaired) electrons. The van der Waals surface area contributed by atoms with E-state index in [-0.39, 0.29) is 29.6 Å². The fourth-order valence-electron chi connectivity index (χ4n) is 4.89. The van der Waals surface area contributed by atoms with Crippen LogP contribution >= 0.6 is 0 Å². The van der Waals surface area contributed by atoms with E-state index in [1.54, 1.807) is 29.9 Å². The number of aromatic nitrogens is 3. The Bertz CT molecular complexity index is 1300. The number of carbonyl (C=O) groups excluding carboxylic acids is 2. The van der Waals surface area contributed by atoms with Gasteiger partial charge in [0.15, 0.2) is 6.61 Å². The molecule has 4 rings (SSSR count). The van der Waals surface area contributed by atoms with Crippen LogP contribution in [0.4, 0.5) is 0 Å². The molecule has 0 N–H and O–H groups in total. The Labute approximate surface area is 198 Å². The van der Waals surface area contributed by atoms with E-state index in [0.29, 0.717) is 29.6 Å². The second-order valence-electron chi connectivity index (χ2n) is 8.99. The molecule has 0 bridgehead atoms. The van der Waals surface area contributed by atoms with E-state index >= 15 is 0 Å². The lowest BCUT2D eigenvalue weighted by Crippen LogP contribution is -2.24. The number of methoxy groups -OCH3 is 1. The van der Waals surface area contributed by atoms with Crippen LogP contribution in [-0.2, 0) is 22.4 Å². The zero-order valence-corrected chi connectivity index (χ0v) is 20.2. The average Bonchev–Trinajstić information content (AvgIpc) is 2.97. The number of hydrogen-bond donors (Lipinski definition) is 0. The molecule has 34 heavy (non-hydrogen) atoms. The molecule has 1 atom stereocenters. The van der Waals surface area contributed by atoms with Crippen molar-refractivity contribution >= 4 is 22.7 Å². The van der Waals surface area contributed by atoms with Crippen LogP contribution in [0.25, 0.3) is 10.9 Å². The topological polar surface area (TPSA) is 92.4 Å². The molecule has 0 saturated heterocycles. The Morgan fingerprint density at radius 2 is 1.94 bits per heavy atom. The van der Waals surface area contributed by atoms with Crippen LogP contribution in [0.3, 0.4) is 0 Å². The summed E-state index contributed by atoms with van der Waals surface area (Å²) in [6.45, 7) is 6.68. The molecule has 0 unspecified atom stereocenters. The first kappa shape index (κ1) is 23.9. The van der Waals surface area contributed by atoms with Gasteiger partial charge in [-0.25, -0.2) is 9.78 Å². The van der Waals surface area contributed by atoms with Crippen LogP contribution in [0.1, 0.15) is 70.2 Å². The summed E-state index contributed by atoms with van der Waals surface area (Å²) in [7, 11) is 1.64. The lowest BCUT2D eigenvalue weighted by molar-refractivity contribution is 0.0474.